The highest BCUT2D eigenvalue weighted by Gasteiger charge is 2.35. The molecule has 0 saturated heterocycles. The fourth-order valence-electron chi connectivity index (χ4n) is 5.00. The first kappa shape index (κ1) is 37.1. The highest BCUT2D eigenvalue weighted by atomic mass is 35.5. The zero-order valence-corrected chi connectivity index (χ0v) is 30.0. The van der Waals surface area contributed by atoms with Crippen molar-refractivity contribution in [3.63, 3.8) is 0 Å². The third-order valence-corrected chi connectivity index (χ3v) is 10.2. The van der Waals surface area contributed by atoms with Crippen molar-refractivity contribution in [1.82, 2.24) is 10.2 Å². The third-order valence-electron chi connectivity index (χ3n) is 7.41. The van der Waals surface area contributed by atoms with Gasteiger partial charge in [0.25, 0.3) is 10.0 Å². The van der Waals surface area contributed by atoms with E-state index in [1.54, 1.807) is 49.4 Å². The molecule has 0 aliphatic carbocycles. The van der Waals surface area contributed by atoms with Gasteiger partial charge in [0, 0.05) is 24.5 Å². The van der Waals surface area contributed by atoms with Crippen LogP contribution in [-0.4, -0.2) is 50.9 Å². The molecule has 0 fully saturated rings. The summed E-state index contributed by atoms with van der Waals surface area (Å²) in [7, 11) is -4.34. The van der Waals surface area contributed by atoms with Gasteiger partial charge in [0.15, 0.2) is 0 Å². The minimum Gasteiger partial charge on any atom is -0.492 e. The number of anilines is 1. The molecule has 48 heavy (non-hydrogen) atoms. The van der Waals surface area contributed by atoms with Crippen molar-refractivity contribution in [2.75, 3.05) is 24.0 Å². The molecule has 4 aromatic rings. The molecule has 0 aliphatic heterocycles. The van der Waals surface area contributed by atoms with Gasteiger partial charge in [0.2, 0.25) is 11.8 Å². The highest BCUT2D eigenvalue weighted by Crippen LogP contribution is 2.33. The molecule has 0 bridgehead atoms. The Labute approximate surface area is 297 Å². The summed E-state index contributed by atoms with van der Waals surface area (Å²) in [5.41, 5.74) is 1.59. The molecule has 0 radical (unpaired) electrons. The number of halogens is 3. The molecule has 2 amide bonds. The second-order valence-electron chi connectivity index (χ2n) is 11.5. The van der Waals surface area contributed by atoms with E-state index in [2.05, 4.69) is 5.32 Å². The van der Waals surface area contributed by atoms with Crippen LogP contribution in [0.4, 0.5) is 5.69 Å². The number of amides is 2. The van der Waals surface area contributed by atoms with Gasteiger partial charge in [-0.3, -0.25) is 13.9 Å². The molecule has 1 atom stereocenters. The van der Waals surface area contributed by atoms with Crippen molar-refractivity contribution in [1.29, 1.82) is 0 Å². The normalized spacial score (nSPS) is 12.0. The van der Waals surface area contributed by atoms with E-state index >= 15 is 0 Å². The van der Waals surface area contributed by atoms with Crippen molar-refractivity contribution in [3.8, 4) is 5.75 Å². The van der Waals surface area contributed by atoms with Crippen LogP contribution in [0.25, 0.3) is 0 Å². The second-order valence-corrected chi connectivity index (χ2v) is 14.6. The molecule has 0 saturated carbocycles. The topological polar surface area (TPSA) is 96.0 Å². The summed E-state index contributed by atoms with van der Waals surface area (Å²) in [5, 5.41) is 3.94. The summed E-state index contributed by atoms with van der Waals surface area (Å²) >= 11 is 18.6. The Morgan fingerprint density at radius 3 is 2.15 bits per heavy atom. The van der Waals surface area contributed by atoms with Crippen LogP contribution < -0.4 is 14.4 Å². The molecule has 254 valence electrons. The van der Waals surface area contributed by atoms with E-state index in [4.69, 9.17) is 39.5 Å². The largest absolute Gasteiger partial charge is 0.492 e. The zero-order valence-electron chi connectivity index (χ0n) is 26.9. The van der Waals surface area contributed by atoms with Crippen LogP contribution in [0.3, 0.4) is 0 Å². The molecule has 0 spiro atoms. The van der Waals surface area contributed by atoms with Gasteiger partial charge >= 0.3 is 0 Å². The first-order valence-electron chi connectivity index (χ1n) is 15.5. The molecular weight excluding hydrogens is 693 g/mol. The number of carbonyl (C=O) groups is 2. The average Bonchev–Trinajstić information content (AvgIpc) is 3.06. The van der Waals surface area contributed by atoms with Gasteiger partial charge in [0.1, 0.15) is 18.3 Å². The van der Waals surface area contributed by atoms with Crippen LogP contribution in [0, 0.1) is 5.92 Å². The van der Waals surface area contributed by atoms with E-state index < -0.39 is 28.5 Å². The van der Waals surface area contributed by atoms with Crippen molar-refractivity contribution in [2.24, 2.45) is 5.92 Å². The first-order valence-corrected chi connectivity index (χ1v) is 18.0. The highest BCUT2D eigenvalue weighted by molar-refractivity contribution is 7.92. The van der Waals surface area contributed by atoms with E-state index in [9.17, 15) is 18.0 Å². The predicted molar refractivity (Wildman–Crippen MR) is 192 cm³/mol. The Hall–Kier alpha value is -3.76. The molecule has 0 unspecified atom stereocenters. The molecule has 0 aliphatic rings. The second kappa shape index (κ2) is 17.1. The fourth-order valence-corrected chi connectivity index (χ4v) is 6.87. The van der Waals surface area contributed by atoms with Crippen LogP contribution in [0.1, 0.15) is 31.9 Å². The lowest BCUT2D eigenvalue weighted by Crippen LogP contribution is -2.53. The molecule has 1 N–H and O–H groups in total. The van der Waals surface area contributed by atoms with Gasteiger partial charge in [-0.2, -0.15) is 0 Å². The van der Waals surface area contributed by atoms with Crippen LogP contribution in [-0.2, 0) is 32.6 Å². The number of hydrogen-bond donors (Lipinski definition) is 1. The van der Waals surface area contributed by atoms with Crippen molar-refractivity contribution < 1.29 is 22.7 Å². The summed E-state index contributed by atoms with van der Waals surface area (Å²) in [4.78, 5) is 29.9. The van der Waals surface area contributed by atoms with Gasteiger partial charge in [-0.1, -0.05) is 97.2 Å². The summed E-state index contributed by atoms with van der Waals surface area (Å²) < 4.78 is 35.4. The van der Waals surface area contributed by atoms with E-state index in [0.717, 1.165) is 9.87 Å². The number of nitrogens with one attached hydrogen (secondary N) is 1. The summed E-state index contributed by atoms with van der Waals surface area (Å²) in [6.07, 6.45) is 0.178. The lowest BCUT2D eigenvalue weighted by Gasteiger charge is -2.34. The standard InChI is InChI=1S/C36H38Cl3N3O5S/c1-4-47-34-13-9-8-12-32(34)42(48(45,46)29-17-15-28(37)16-18-29)24-35(43)41(23-27-14-19-30(38)31(39)20-27)33(36(44)40-22-25(2)3)21-26-10-6-5-7-11-26/h5-20,25,33H,4,21-24H2,1-3H3,(H,40,44)/t33-/m0/s1. The quantitative estimate of drug-likeness (QED) is 0.136. The minimum atomic E-state index is -4.34. The summed E-state index contributed by atoms with van der Waals surface area (Å²) in [6, 6.07) is 25.6. The van der Waals surface area contributed by atoms with Gasteiger partial charge in [-0.15, -0.1) is 0 Å². The SMILES string of the molecule is CCOc1ccccc1N(CC(=O)N(Cc1ccc(Cl)c(Cl)c1)[C@@H](Cc1ccccc1)C(=O)NCC(C)C)S(=O)(=O)c1ccc(Cl)cc1. The Kier molecular flexibility index (Phi) is 13.2. The summed E-state index contributed by atoms with van der Waals surface area (Å²) in [6.45, 7) is 5.68. The Morgan fingerprint density at radius 2 is 1.50 bits per heavy atom. The van der Waals surface area contributed by atoms with Crippen LogP contribution in [0.15, 0.2) is 102 Å². The van der Waals surface area contributed by atoms with Gasteiger partial charge in [-0.25, -0.2) is 8.42 Å². The van der Waals surface area contributed by atoms with E-state index in [0.29, 0.717) is 22.2 Å². The lowest BCUT2D eigenvalue weighted by molar-refractivity contribution is -0.140. The van der Waals surface area contributed by atoms with Crippen molar-refractivity contribution in [2.45, 2.75) is 44.7 Å². The van der Waals surface area contributed by atoms with Gasteiger partial charge in [-0.05, 0) is 72.5 Å². The molecule has 8 nitrogen and oxygen atoms in total. The van der Waals surface area contributed by atoms with Crippen LogP contribution in [0.5, 0.6) is 5.75 Å². The maximum absolute atomic E-state index is 14.7. The molecular formula is C36H38Cl3N3O5S. The average molecular weight is 731 g/mol. The van der Waals surface area contributed by atoms with E-state index in [1.165, 1.54) is 29.2 Å². The summed E-state index contributed by atoms with van der Waals surface area (Å²) in [5.74, 6) is -0.564. The maximum Gasteiger partial charge on any atom is 0.264 e. The Bertz CT molecular complexity index is 1810. The zero-order chi connectivity index (χ0) is 34.8. The Morgan fingerprint density at radius 1 is 0.833 bits per heavy atom. The number of nitrogens with zero attached hydrogens (tertiary/aromatic N) is 2. The van der Waals surface area contributed by atoms with Crippen LogP contribution in [0.2, 0.25) is 15.1 Å². The van der Waals surface area contributed by atoms with Crippen molar-refractivity contribution in [3.05, 3.63) is 123 Å². The lowest BCUT2D eigenvalue weighted by atomic mass is 10.0. The van der Waals surface area contributed by atoms with E-state index in [1.807, 2.05) is 44.2 Å². The number of rotatable bonds is 15. The monoisotopic (exact) mass is 729 g/mol. The molecule has 0 heterocycles. The van der Waals surface area contributed by atoms with Crippen molar-refractivity contribution >= 4 is 62.3 Å². The third kappa shape index (κ3) is 9.66. The minimum absolute atomic E-state index is 0.0513. The first-order chi connectivity index (χ1) is 22.9. The van der Waals surface area contributed by atoms with E-state index in [-0.39, 0.29) is 52.8 Å². The predicted octanol–water partition coefficient (Wildman–Crippen LogP) is 7.65. The molecule has 4 rings (SSSR count). The molecule has 12 heteroatoms. The number of ether oxygens (including phenoxy) is 1. The van der Waals surface area contributed by atoms with Gasteiger partial charge < -0.3 is 15.0 Å². The smallest absolute Gasteiger partial charge is 0.264 e. The molecule has 0 aromatic heterocycles. The van der Waals surface area contributed by atoms with Gasteiger partial charge in [0.05, 0.1) is 27.2 Å². The maximum atomic E-state index is 14.7. The number of sulfonamides is 1. The Balaban J connectivity index is 1.85. The fraction of sp³-hybridized carbons (Fsp3) is 0.278. The van der Waals surface area contributed by atoms with Crippen LogP contribution >= 0.6 is 34.8 Å². The number of hydrogen-bond acceptors (Lipinski definition) is 5. The molecule has 4 aromatic carbocycles. The number of para-hydroxylation sites is 2. The number of carbonyl (C=O) groups excluding carboxylic acids is 2. The number of benzene rings is 4.